The van der Waals surface area contributed by atoms with E-state index < -0.39 is 11.5 Å². The molecular formula is C13H9N3O3S. The lowest BCUT2D eigenvalue weighted by Gasteiger charge is -2.10. The van der Waals surface area contributed by atoms with Crippen molar-refractivity contribution in [2.45, 2.75) is 5.16 Å². The van der Waals surface area contributed by atoms with Gasteiger partial charge in [0.2, 0.25) is 0 Å². The molecule has 0 atom stereocenters. The Morgan fingerprint density at radius 2 is 2.05 bits per heavy atom. The average Bonchev–Trinajstić information content (AvgIpc) is 2.45. The van der Waals surface area contributed by atoms with Crippen molar-refractivity contribution >= 4 is 17.7 Å². The fraction of sp³-hybridized carbons (Fsp3) is 0.0769. The summed E-state index contributed by atoms with van der Waals surface area (Å²) in [6.07, 6.45) is 1.53. The van der Waals surface area contributed by atoms with Gasteiger partial charge in [0, 0.05) is 18.0 Å². The van der Waals surface area contributed by atoms with Gasteiger partial charge in [0.15, 0.2) is 5.16 Å². The van der Waals surface area contributed by atoms with Crippen molar-refractivity contribution in [3.05, 3.63) is 52.4 Å². The third kappa shape index (κ3) is 3.24. The average molecular weight is 287 g/mol. The molecular weight excluding hydrogens is 278 g/mol. The lowest BCUT2D eigenvalue weighted by molar-refractivity contribution is -0.133. The molecule has 0 unspecified atom stereocenters. The standard InChI is InChI=1S/C13H9N3O3S/c14-7-9-1-3-10(4-2-9)16-6-5-11(17)15-13(16)20-8-12(18)19/h1-6H,8H2,(H,18,19). The lowest BCUT2D eigenvalue weighted by Crippen LogP contribution is -2.13. The van der Waals surface area contributed by atoms with E-state index in [2.05, 4.69) is 4.98 Å². The predicted octanol–water partition coefficient (Wildman–Crippen LogP) is 1.28. The number of hydrogen-bond acceptors (Lipinski definition) is 5. The van der Waals surface area contributed by atoms with Crippen molar-refractivity contribution in [2.75, 3.05) is 5.75 Å². The largest absolute Gasteiger partial charge is 0.481 e. The molecule has 6 nitrogen and oxygen atoms in total. The summed E-state index contributed by atoms with van der Waals surface area (Å²) in [7, 11) is 0. The maximum absolute atomic E-state index is 11.3. The number of aliphatic carboxylic acids is 1. The van der Waals surface area contributed by atoms with E-state index in [1.165, 1.54) is 12.3 Å². The van der Waals surface area contributed by atoms with Gasteiger partial charge in [0.05, 0.1) is 17.4 Å². The number of nitriles is 1. The summed E-state index contributed by atoms with van der Waals surface area (Å²) in [4.78, 5) is 25.7. The third-order valence-electron chi connectivity index (χ3n) is 2.38. The van der Waals surface area contributed by atoms with E-state index in [-0.39, 0.29) is 5.75 Å². The smallest absolute Gasteiger partial charge is 0.313 e. The SMILES string of the molecule is N#Cc1ccc(-n2ccc(=O)nc2SCC(=O)O)cc1. The van der Waals surface area contributed by atoms with E-state index in [4.69, 9.17) is 10.4 Å². The number of nitrogens with zero attached hydrogens (tertiary/aromatic N) is 3. The molecule has 7 heteroatoms. The fourth-order valence-electron chi connectivity index (χ4n) is 1.51. The predicted molar refractivity (Wildman–Crippen MR) is 72.9 cm³/mol. The summed E-state index contributed by atoms with van der Waals surface area (Å²) in [5, 5.41) is 17.8. The van der Waals surface area contributed by atoms with Crippen molar-refractivity contribution in [2.24, 2.45) is 0 Å². The lowest BCUT2D eigenvalue weighted by atomic mass is 10.2. The second-order valence-corrected chi connectivity index (χ2v) is 4.70. The van der Waals surface area contributed by atoms with Gasteiger partial charge >= 0.3 is 5.97 Å². The molecule has 1 aromatic heterocycles. The van der Waals surface area contributed by atoms with Crippen LogP contribution in [0.4, 0.5) is 0 Å². The van der Waals surface area contributed by atoms with Crippen LogP contribution in [0.5, 0.6) is 0 Å². The van der Waals surface area contributed by atoms with Crippen LogP contribution in [0.15, 0.2) is 46.5 Å². The molecule has 0 bridgehead atoms. The number of rotatable bonds is 4. The molecule has 0 radical (unpaired) electrons. The summed E-state index contributed by atoms with van der Waals surface area (Å²) >= 11 is 0.961. The number of thioether (sulfide) groups is 1. The van der Waals surface area contributed by atoms with Crippen LogP contribution in [0.3, 0.4) is 0 Å². The van der Waals surface area contributed by atoms with E-state index in [1.54, 1.807) is 28.8 Å². The molecule has 2 rings (SSSR count). The summed E-state index contributed by atoms with van der Waals surface area (Å²) in [6.45, 7) is 0. The first-order valence-corrected chi connectivity index (χ1v) is 6.53. The van der Waals surface area contributed by atoms with Crippen molar-refractivity contribution in [1.29, 1.82) is 5.26 Å². The number of carboxylic acids is 1. The Morgan fingerprint density at radius 3 is 2.65 bits per heavy atom. The molecule has 0 saturated carbocycles. The highest BCUT2D eigenvalue weighted by atomic mass is 32.2. The Kier molecular flexibility index (Phi) is 4.17. The zero-order valence-electron chi connectivity index (χ0n) is 10.2. The molecule has 0 spiro atoms. The Hall–Kier alpha value is -2.59. The summed E-state index contributed by atoms with van der Waals surface area (Å²) in [5.74, 6) is -1.17. The summed E-state index contributed by atoms with van der Waals surface area (Å²) < 4.78 is 1.61. The molecule has 100 valence electrons. The first kappa shape index (κ1) is 13.8. The quantitative estimate of drug-likeness (QED) is 0.672. The molecule has 0 aliphatic rings. The van der Waals surface area contributed by atoms with Crippen molar-refractivity contribution < 1.29 is 9.90 Å². The van der Waals surface area contributed by atoms with Crippen molar-refractivity contribution in [3.8, 4) is 11.8 Å². The molecule has 2 aromatic rings. The number of carboxylic acid groups (broad SMARTS) is 1. The van der Waals surface area contributed by atoms with Crippen LogP contribution in [0.25, 0.3) is 5.69 Å². The summed E-state index contributed by atoms with van der Waals surface area (Å²) in [5.41, 5.74) is 0.787. The van der Waals surface area contributed by atoms with Crippen molar-refractivity contribution in [3.63, 3.8) is 0 Å². The highest BCUT2D eigenvalue weighted by molar-refractivity contribution is 7.99. The number of benzene rings is 1. The normalized spacial score (nSPS) is 9.95. The second kappa shape index (κ2) is 6.04. The van der Waals surface area contributed by atoms with Gasteiger partial charge in [-0.3, -0.25) is 14.2 Å². The Balaban J connectivity index is 2.41. The van der Waals surface area contributed by atoms with Crippen LogP contribution >= 0.6 is 11.8 Å². The minimum Gasteiger partial charge on any atom is -0.481 e. The van der Waals surface area contributed by atoms with Gasteiger partial charge in [-0.15, -0.1) is 0 Å². The topological polar surface area (TPSA) is 96.0 Å². The van der Waals surface area contributed by atoms with Crippen molar-refractivity contribution in [1.82, 2.24) is 9.55 Å². The maximum Gasteiger partial charge on any atom is 0.313 e. The van der Waals surface area contributed by atoms with E-state index >= 15 is 0 Å². The first-order chi connectivity index (χ1) is 9.60. The molecule has 0 aliphatic heterocycles. The molecule has 1 N–H and O–H groups in total. The van der Waals surface area contributed by atoms with E-state index in [0.29, 0.717) is 16.4 Å². The van der Waals surface area contributed by atoms with Gasteiger partial charge < -0.3 is 5.11 Å². The zero-order chi connectivity index (χ0) is 14.5. The van der Waals surface area contributed by atoms with Crippen LogP contribution in [0.1, 0.15) is 5.56 Å². The number of aromatic nitrogens is 2. The highest BCUT2D eigenvalue weighted by Crippen LogP contribution is 2.18. The molecule has 20 heavy (non-hydrogen) atoms. The van der Waals surface area contributed by atoms with Gasteiger partial charge in [-0.1, -0.05) is 11.8 Å². The Bertz CT molecular complexity index is 732. The van der Waals surface area contributed by atoms with E-state index in [1.807, 2.05) is 6.07 Å². The fourth-order valence-corrected chi connectivity index (χ4v) is 2.22. The van der Waals surface area contributed by atoms with Gasteiger partial charge in [-0.2, -0.15) is 10.2 Å². The Labute approximate surface area is 118 Å². The zero-order valence-corrected chi connectivity index (χ0v) is 11.0. The first-order valence-electron chi connectivity index (χ1n) is 5.55. The molecule has 1 heterocycles. The van der Waals surface area contributed by atoms with Crippen LogP contribution < -0.4 is 5.56 Å². The number of carbonyl (C=O) groups is 1. The third-order valence-corrected chi connectivity index (χ3v) is 3.31. The van der Waals surface area contributed by atoms with E-state index in [9.17, 15) is 9.59 Å². The molecule has 0 amide bonds. The van der Waals surface area contributed by atoms with Crippen LogP contribution in [0.2, 0.25) is 0 Å². The van der Waals surface area contributed by atoms with Gasteiger partial charge in [-0.05, 0) is 24.3 Å². The number of hydrogen-bond donors (Lipinski definition) is 1. The highest BCUT2D eigenvalue weighted by Gasteiger charge is 2.08. The molecule has 1 aromatic carbocycles. The van der Waals surface area contributed by atoms with Crippen LogP contribution in [-0.2, 0) is 4.79 Å². The van der Waals surface area contributed by atoms with Crippen LogP contribution in [0, 0.1) is 11.3 Å². The van der Waals surface area contributed by atoms with Gasteiger partial charge in [0.25, 0.3) is 5.56 Å². The molecule has 0 fully saturated rings. The van der Waals surface area contributed by atoms with E-state index in [0.717, 1.165) is 11.8 Å². The minimum atomic E-state index is -0.987. The van der Waals surface area contributed by atoms with Crippen LogP contribution in [-0.4, -0.2) is 26.4 Å². The molecule has 0 saturated heterocycles. The van der Waals surface area contributed by atoms with Gasteiger partial charge in [-0.25, -0.2) is 0 Å². The maximum atomic E-state index is 11.3. The Morgan fingerprint density at radius 1 is 1.35 bits per heavy atom. The van der Waals surface area contributed by atoms with Gasteiger partial charge in [0.1, 0.15) is 0 Å². The minimum absolute atomic E-state index is 0.188. The molecule has 0 aliphatic carbocycles. The summed E-state index contributed by atoms with van der Waals surface area (Å²) in [6, 6.07) is 9.99. The monoisotopic (exact) mass is 287 g/mol. The second-order valence-electron chi connectivity index (χ2n) is 3.76.